The van der Waals surface area contributed by atoms with Crippen molar-refractivity contribution in [3.63, 3.8) is 0 Å². The van der Waals surface area contributed by atoms with Crippen LogP contribution in [0.1, 0.15) is 42.5 Å². The highest BCUT2D eigenvalue weighted by Gasteiger charge is 2.34. The lowest BCUT2D eigenvalue weighted by atomic mass is 9.99. The molecule has 3 rings (SSSR count). The Labute approximate surface area is 167 Å². The van der Waals surface area contributed by atoms with E-state index >= 15 is 0 Å². The van der Waals surface area contributed by atoms with Gasteiger partial charge in [0.15, 0.2) is 0 Å². The van der Waals surface area contributed by atoms with Crippen LogP contribution < -0.4 is 5.32 Å². The maximum atomic E-state index is 12.8. The second kappa shape index (κ2) is 8.76. The number of hydrogen-bond donors (Lipinski definition) is 1. The van der Waals surface area contributed by atoms with E-state index in [1.165, 1.54) is 27.0 Å². The van der Waals surface area contributed by atoms with Crippen LogP contribution in [0.5, 0.6) is 0 Å². The molecule has 0 aliphatic carbocycles. The molecule has 0 radical (unpaired) electrons. The number of carbonyl (C=O) groups excluding carboxylic acids is 1. The highest BCUT2D eigenvalue weighted by Crippen LogP contribution is 2.29. The van der Waals surface area contributed by atoms with Crippen molar-refractivity contribution in [1.29, 1.82) is 0 Å². The average molecular weight is 429 g/mol. The number of unbranched alkanes of at least 4 members (excludes halogenated alkanes) is 1. The number of anilines is 1. The van der Waals surface area contributed by atoms with Gasteiger partial charge < -0.3 is 5.32 Å². The van der Waals surface area contributed by atoms with Crippen molar-refractivity contribution in [2.45, 2.75) is 50.2 Å². The van der Waals surface area contributed by atoms with Crippen molar-refractivity contribution in [3.8, 4) is 0 Å². The summed E-state index contributed by atoms with van der Waals surface area (Å²) < 4.78 is 27.4. The standard InChI is InChI=1S/C17H24N4O3S3/c1-3-4-7-14-19-20-17(26-14)18-16(22)13-6-5-10-21(11-13)27(23,24)15-9-8-12(2)25-15/h8-9,13H,3-7,10-11H2,1-2H3,(H,18,20,22). The maximum Gasteiger partial charge on any atom is 0.252 e. The van der Waals surface area contributed by atoms with E-state index in [4.69, 9.17) is 0 Å². The van der Waals surface area contributed by atoms with Gasteiger partial charge in [0.1, 0.15) is 9.22 Å². The second-order valence-electron chi connectivity index (χ2n) is 6.66. The predicted molar refractivity (Wildman–Crippen MR) is 108 cm³/mol. The second-order valence-corrected chi connectivity index (χ2v) is 11.2. The molecule has 7 nitrogen and oxygen atoms in total. The van der Waals surface area contributed by atoms with Crippen molar-refractivity contribution in [2.75, 3.05) is 18.4 Å². The Morgan fingerprint density at radius 2 is 2.15 bits per heavy atom. The summed E-state index contributed by atoms with van der Waals surface area (Å²) in [5, 5.41) is 12.3. The summed E-state index contributed by atoms with van der Waals surface area (Å²) in [4.78, 5) is 13.6. The number of hydrogen-bond acceptors (Lipinski definition) is 7. The van der Waals surface area contributed by atoms with Gasteiger partial charge in [-0.3, -0.25) is 4.79 Å². The Morgan fingerprint density at radius 1 is 1.33 bits per heavy atom. The fourth-order valence-electron chi connectivity index (χ4n) is 2.99. The molecule has 1 aliphatic heterocycles. The number of piperidine rings is 1. The van der Waals surface area contributed by atoms with Crippen LogP contribution in [0.3, 0.4) is 0 Å². The minimum Gasteiger partial charge on any atom is -0.300 e. The Balaban J connectivity index is 1.63. The van der Waals surface area contributed by atoms with Crippen molar-refractivity contribution in [1.82, 2.24) is 14.5 Å². The molecule has 1 saturated heterocycles. The van der Waals surface area contributed by atoms with E-state index in [0.29, 0.717) is 28.7 Å². The first-order chi connectivity index (χ1) is 12.9. The fraction of sp³-hybridized carbons (Fsp3) is 0.588. The topological polar surface area (TPSA) is 92.3 Å². The van der Waals surface area contributed by atoms with Crippen LogP contribution in [0, 0.1) is 12.8 Å². The summed E-state index contributed by atoms with van der Waals surface area (Å²) in [6.45, 7) is 4.65. The van der Waals surface area contributed by atoms with Crippen LogP contribution in [0.4, 0.5) is 5.13 Å². The Kier molecular flexibility index (Phi) is 6.61. The molecule has 1 unspecified atom stereocenters. The summed E-state index contributed by atoms with van der Waals surface area (Å²) >= 11 is 2.65. The van der Waals surface area contributed by atoms with E-state index < -0.39 is 10.0 Å². The lowest BCUT2D eigenvalue weighted by molar-refractivity contribution is -0.120. The van der Waals surface area contributed by atoms with E-state index in [9.17, 15) is 13.2 Å². The van der Waals surface area contributed by atoms with Gasteiger partial charge in [0.25, 0.3) is 10.0 Å². The van der Waals surface area contributed by atoms with E-state index in [1.807, 2.05) is 6.92 Å². The molecule has 1 N–H and O–H groups in total. The van der Waals surface area contributed by atoms with Gasteiger partial charge in [0.2, 0.25) is 11.0 Å². The number of sulfonamides is 1. The number of aromatic nitrogens is 2. The molecular formula is C17H24N4O3S3. The SMILES string of the molecule is CCCCc1nnc(NC(=O)C2CCCN(S(=O)(=O)c3ccc(C)s3)C2)s1. The zero-order chi connectivity index (χ0) is 19.4. The third-order valence-corrected chi connectivity index (χ3v) is 8.74. The van der Waals surface area contributed by atoms with Crippen molar-refractivity contribution in [2.24, 2.45) is 5.92 Å². The zero-order valence-electron chi connectivity index (χ0n) is 15.5. The minimum atomic E-state index is -3.54. The van der Waals surface area contributed by atoms with Crippen LogP contribution in [0.2, 0.25) is 0 Å². The number of nitrogens with zero attached hydrogens (tertiary/aromatic N) is 3. The molecule has 27 heavy (non-hydrogen) atoms. The van der Waals surface area contributed by atoms with Gasteiger partial charge in [0, 0.05) is 24.4 Å². The molecule has 10 heteroatoms. The van der Waals surface area contributed by atoms with Gasteiger partial charge in [-0.15, -0.1) is 21.5 Å². The van der Waals surface area contributed by atoms with Gasteiger partial charge in [0.05, 0.1) is 5.92 Å². The summed E-state index contributed by atoms with van der Waals surface area (Å²) in [5.74, 6) is -0.562. The largest absolute Gasteiger partial charge is 0.300 e. The van der Waals surface area contributed by atoms with Gasteiger partial charge in [-0.1, -0.05) is 24.7 Å². The van der Waals surface area contributed by atoms with E-state index in [-0.39, 0.29) is 18.4 Å². The number of amides is 1. The number of thiophene rings is 1. The molecule has 0 bridgehead atoms. The van der Waals surface area contributed by atoms with Crippen LogP contribution in [0.15, 0.2) is 16.3 Å². The predicted octanol–water partition coefficient (Wildman–Crippen LogP) is 3.29. The average Bonchev–Trinajstić information content (AvgIpc) is 3.29. The summed E-state index contributed by atoms with van der Waals surface area (Å²) in [6.07, 6.45) is 4.32. The Hall–Kier alpha value is -1.36. The normalized spacial score (nSPS) is 18.5. The molecule has 1 atom stereocenters. The maximum absolute atomic E-state index is 12.8. The molecule has 1 fully saturated rings. The third kappa shape index (κ3) is 4.92. The first-order valence-corrected chi connectivity index (χ1v) is 12.2. The van der Waals surface area contributed by atoms with Gasteiger partial charge in [-0.25, -0.2) is 8.42 Å². The molecule has 3 heterocycles. The fourth-order valence-corrected chi connectivity index (χ4v) is 6.74. The minimum absolute atomic E-state index is 0.185. The quantitative estimate of drug-likeness (QED) is 0.730. The Morgan fingerprint density at radius 3 is 2.85 bits per heavy atom. The first-order valence-electron chi connectivity index (χ1n) is 9.10. The number of nitrogens with one attached hydrogen (secondary N) is 1. The van der Waals surface area contributed by atoms with E-state index in [2.05, 4.69) is 22.4 Å². The summed E-state index contributed by atoms with van der Waals surface area (Å²) in [5.41, 5.74) is 0. The molecule has 0 aromatic carbocycles. The summed E-state index contributed by atoms with van der Waals surface area (Å²) in [6, 6.07) is 3.44. The van der Waals surface area contributed by atoms with E-state index in [1.54, 1.807) is 12.1 Å². The van der Waals surface area contributed by atoms with Gasteiger partial charge in [-0.2, -0.15) is 4.31 Å². The number of carbonyl (C=O) groups is 1. The summed E-state index contributed by atoms with van der Waals surface area (Å²) in [7, 11) is -3.54. The number of rotatable bonds is 7. The highest BCUT2D eigenvalue weighted by atomic mass is 32.2. The van der Waals surface area contributed by atoms with Crippen molar-refractivity contribution < 1.29 is 13.2 Å². The molecule has 0 saturated carbocycles. The van der Waals surface area contributed by atoms with Gasteiger partial charge >= 0.3 is 0 Å². The van der Waals surface area contributed by atoms with Crippen LogP contribution in [0.25, 0.3) is 0 Å². The zero-order valence-corrected chi connectivity index (χ0v) is 17.9. The molecule has 1 amide bonds. The van der Waals surface area contributed by atoms with Crippen molar-refractivity contribution in [3.05, 3.63) is 22.0 Å². The van der Waals surface area contributed by atoms with Crippen LogP contribution >= 0.6 is 22.7 Å². The van der Waals surface area contributed by atoms with Gasteiger partial charge in [-0.05, 0) is 38.3 Å². The lowest BCUT2D eigenvalue weighted by Gasteiger charge is -2.30. The highest BCUT2D eigenvalue weighted by molar-refractivity contribution is 7.91. The number of aryl methyl sites for hydroxylation is 2. The first kappa shape index (κ1) is 20.4. The molecule has 2 aromatic heterocycles. The molecule has 148 valence electrons. The molecular weight excluding hydrogens is 404 g/mol. The monoisotopic (exact) mass is 428 g/mol. The third-order valence-electron chi connectivity index (χ3n) is 4.51. The molecule has 1 aliphatic rings. The Bertz CT molecular complexity index is 891. The van der Waals surface area contributed by atoms with Crippen LogP contribution in [-0.4, -0.2) is 41.9 Å². The smallest absolute Gasteiger partial charge is 0.252 e. The molecule has 2 aromatic rings. The molecule has 0 spiro atoms. The van der Waals surface area contributed by atoms with Crippen LogP contribution in [-0.2, 0) is 21.2 Å². The van der Waals surface area contributed by atoms with Crippen molar-refractivity contribution >= 4 is 43.7 Å². The van der Waals surface area contributed by atoms with E-state index in [0.717, 1.165) is 29.1 Å². The lowest BCUT2D eigenvalue weighted by Crippen LogP contribution is -2.43.